The van der Waals surface area contributed by atoms with Crippen LogP contribution in [0.1, 0.15) is 20.3 Å². The van der Waals surface area contributed by atoms with E-state index in [1.807, 2.05) is 23.6 Å². The molecule has 0 saturated carbocycles. The van der Waals surface area contributed by atoms with Crippen LogP contribution in [0.4, 0.5) is 10.1 Å². The second-order valence-electron chi connectivity index (χ2n) is 6.42. The summed E-state index contributed by atoms with van der Waals surface area (Å²) in [5, 5.41) is 2.78. The first-order chi connectivity index (χ1) is 12.5. The highest BCUT2D eigenvalue weighted by atomic mass is 19.1. The van der Waals surface area contributed by atoms with Gasteiger partial charge in [0.05, 0.1) is 6.54 Å². The van der Waals surface area contributed by atoms with E-state index in [9.17, 15) is 14.0 Å². The average Bonchev–Trinajstić information content (AvgIpc) is 2.66. The number of piperazine rings is 1. The van der Waals surface area contributed by atoms with Crippen molar-refractivity contribution in [1.82, 2.24) is 15.1 Å². The Morgan fingerprint density at radius 1 is 1.12 bits per heavy atom. The molecule has 1 N–H and O–H groups in total. The summed E-state index contributed by atoms with van der Waals surface area (Å²) >= 11 is 0. The first-order valence-electron chi connectivity index (χ1n) is 9.30. The number of nitrogens with one attached hydrogen (secondary N) is 1. The van der Waals surface area contributed by atoms with Crippen molar-refractivity contribution in [3.05, 3.63) is 30.1 Å². The molecule has 1 heterocycles. The zero-order chi connectivity index (χ0) is 18.9. The maximum Gasteiger partial charge on any atom is 0.234 e. The van der Waals surface area contributed by atoms with Crippen LogP contribution < -0.4 is 10.2 Å². The van der Waals surface area contributed by atoms with Gasteiger partial charge in [-0.3, -0.25) is 14.5 Å². The Balaban J connectivity index is 1.75. The van der Waals surface area contributed by atoms with E-state index < -0.39 is 0 Å². The number of nitrogens with zero attached hydrogens (tertiary/aromatic N) is 3. The van der Waals surface area contributed by atoms with E-state index in [1.165, 1.54) is 12.1 Å². The zero-order valence-corrected chi connectivity index (χ0v) is 15.7. The van der Waals surface area contributed by atoms with Gasteiger partial charge in [-0.15, -0.1) is 0 Å². The highest BCUT2D eigenvalue weighted by Gasteiger charge is 2.21. The van der Waals surface area contributed by atoms with Gasteiger partial charge in [0.25, 0.3) is 0 Å². The number of rotatable bonds is 8. The summed E-state index contributed by atoms with van der Waals surface area (Å²) in [5.74, 6) is -0.122. The molecule has 1 aliphatic heterocycles. The molecule has 7 heteroatoms. The Morgan fingerprint density at radius 3 is 2.35 bits per heavy atom. The zero-order valence-electron chi connectivity index (χ0n) is 15.7. The number of hydrogen-bond acceptors (Lipinski definition) is 4. The molecule has 1 aromatic rings. The van der Waals surface area contributed by atoms with Crippen molar-refractivity contribution in [3.8, 4) is 0 Å². The van der Waals surface area contributed by atoms with Crippen LogP contribution in [0.2, 0.25) is 0 Å². The van der Waals surface area contributed by atoms with Gasteiger partial charge in [0, 0.05) is 51.4 Å². The van der Waals surface area contributed by atoms with E-state index in [-0.39, 0.29) is 17.6 Å². The van der Waals surface area contributed by atoms with Crippen LogP contribution in [-0.2, 0) is 9.59 Å². The molecule has 0 spiro atoms. The molecule has 0 aliphatic carbocycles. The monoisotopic (exact) mass is 364 g/mol. The van der Waals surface area contributed by atoms with Crippen LogP contribution in [-0.4, -0.2) is 74.0 Å². The molecule has 2 rings (SSSR count). The fraction of sp³-hybridized carbons (Fsp3) is 0.579. The fourth-order valence-electron chi connectivity index (χ4n) is 3.08. The summed E-state index contributed by atoms with van der Waals surface area (Å²) < 4.78 is 13.0. The first-order valence-corrected chi connectivity index (χ1v) is 9.30. The van der Waals surface area contributed by atoms with Crippen LogP contribution in [0, 0.1) is 5.82 Å². The van der Waals surface area contributed by atoms with Crippen molar-refractivity contribution in [2.45, 2.75) is 20.3 Å². The van der Waals surface area contributed by atoms with Crippen molar-refractivity contribution in [2.24, 2.45) is 0 Å². The van der Waals surface area contributed by atoms with Gasteiger partial charge in [-0.05, 0) is 37.7 Å². The van der Waals surface area contributed by atoms with E-state index in [2.05, 4.69) is 10.2 Å². The normalized spacial score (nSPS) is 14.6. The lowest BCUT2D eigenvalue weighted by Crippen LogP contribution is -2.49. The van der Waals surface area contributed by atoms with Gasteiger partial charge < -0.3 is 15.1 Å². The topological polar surface area (TPSA) is 55.9 Å². The Labute approximate surface area is 154 Å². The van der Waals surface area contributed by atoms with Gasteiger partial charge in [0.2, 0.25) is 11.8 Å². The van der Waals surface area contributed by atoms with Crippen LogP contribution in [0.3, 0.4) is 0 Å². The fourth-order valence-corrected chi connectivity index (χ4v) is 3.08. The van der Waals surface area contributed by atoms with Gasteiger partial charge in [0.15, 0.2) is 0 Å². The second kappa shape index (κ2) is 10.1. The van der Waals surface area contributed by atoms with Crippen LogP contribution in [0.15, 0.2) is 24.3 Å². The highest BCUT2D eigenvalue weighted by molar-refractivity contribution is 5.78. The molecular weight excluding hydrogens is 335 g/mol. The lowest BCUT2D eigenvalue weighted by Gasteiger charge is -2.36. The molecule has 0 aromatic heterocycles. The highest BCUT2D eigenvalue weighted by Crippen LogP contribution is 2.17. The molecule has 1 aliphatic rings. The minimum atomic E-state index is -0.240. The van der Waals surface area contributed by atoms with E-state index in [4.69, 9.17) is 0 Å². The lowest BCUT2D eigenvalue weighted by molar-refractivity contribution is -0.132. The smallest absolute Gasteiger partial charge is 0.234 e. The van der Waals surface area contributed by atoms with Crippen LogP contribution >= 0.6 is 0 Å². The molecule has 144 valence electrons. The molecule has 0 bridgehead atoms. The van der Waals surface area contributed by atoms with Gasteiger partial charge >= 0.3 is 0 Å². The molecule has 1 saturated heterocycles. The van der Waals surface area contributed by atoms with Crippen molar-refractivity contribution >= 4 is 17.5 Å². The molecule has 1 aromatic carbocycles. The molecule has 6 nitrogen and oxygen atoms in total. The van der Waals surface area contributed by atoms with E-state index >= 15 is 0 Å². The van der Waals surface area contributed by atoms with E-state index in [1.54, 1.807) is 12.1 Å². The van der Waals surface area contributed by atoms with Crippen molar-refractivity contribution < 1.29 is 14.0 Å². The first kappa shape index (κ1) is 20.2. The van der Waals surface area contributed by atoms with Crippen LogP contribution in [0.25, 0.3) is 0 Å². The van der Waals surface area contributed by atoms with Gasteiger partial charge in [-0.1, -0.05) is 6.92 Å². The summed E-state index contributed by atoms with van der Waals surface area (Å²) in [7, 11) is 0. The summed E-state index contributed by atoms with van der Waals surface area (Å²) in [6.07, 6.45) is 0.420. The SMILES string of the molecule is CCNC(=O)CN(CC)CCC(=O)N1CCN(c2ccc(F)cc2)CC1. The number of likely N-dealkylation sites (N-methyl/N-ethyl adjacent to an activating group) is 2. The molecule has 1 fully saturated rings. The maximum atomic E-state index is 13.0. The predicted molar refractivity (Wildman–Crippen MR) is 101 cm³/mol. The second-order valence-corrected chi connectivity index (χ2v) is 6.42. The maximum absolute atomic E-state index is 13.0. The van der Waals surface area contributed by atoms with Crippen molar-refractivity contribution in [2.75, 3.05) is 57.3 Å². The predicted octanol–water partition coefficient (Wildman–Crippen LogP) is 1.32. The quantitative estimate of drug-likeness (QED) is 0.756. The van der Waals surface area contributed by atoms with Crippen molar-refractivity contribution in [1.29, 1.82) is 0 Å². The lowest BCUT2D eigenvalue weighted by atomic mass is 10.2. The Morgan fingerprint density at radius 2 is 1.77 bits per heavy atom. The number of carbonyl (C=O) groups excluding carboxylic acids is 2. The van der Waals surface area contributed by atoms with E-state index in [0.29, 0.717) is 39.1 Å². The third kappa shape index (κ3) is 5.98. The molecule has 0 atom stereocenters. The molecule has 0 radical (unpaired) electrons. The number of benzene rings is 1. The van der Waals surface area contributed by atoms with Gasteiger partial charge in [0.1, 0.15) is 5.82 Å². The average molecular weight is 364 g/mol. The van der Waals surface area contributed by atoms with Crippen LogP contribution in [0.5, 0.6) is 0 Å². The standard InChI is InChI=1S/C19H29FN4O2/c1-3-21-18(25)15-22(4-2)10-9-19(26)24-13-11-23(12-14-24)17-7-5-16(20)6-8-17/h5-8H,3-4,9-15H2,1-2H3,(H,21,25). The third-order valence-corrected chi connectivity index (χ3v) is 4.65. The number of amides is 2. The van der Waals surface area contributed by atoms with Gasteiger partial charge in [-0.25, -0.2) is 4.39 Å². The molecular formula is C19H29FN4O2. The summed E-state index contributed by atoms with van der Waals surface area (Å²) in [4.78, 5) is 30.1. The number of hydrogen-bond donors (Lipinski definition) is 1. The largest absolute Gasteiger partial charge is 0.368 e. The summed E-state index contributed by atoms with van der Waals surface area (Å²) in [6, 6.07) is 6.46. The van der Waals surface area contributed by atoms with Gasteiger partial charge in [-0.2, -0.15) is 0 Å². The summed E-state index contributed by atoms with van der Waals surface area (Å²) in [5.41, 5.74) is 0.984. The number of carbonyl (C=O) groups is 2. The number of halogens is 1. The Hall–Kier alpha value is -2.15. The molecule has 2 amide bonds. The molecule has 0 unspecified atom stereocenters. The summed E-state index contributed by atoms with van der Waals surface area (Å²) in [6.45, 7) is 8.98. The molecule has 26 heavy (non-hydrogen) atoms. The minimum Gasteiger partial charge on any atom is -0.368 e. The number of anilines is 1. The minimum absolute atomic E-state index is 0.00490. The third-order valence-electron chi connectivity index (χ3n) is 4.65. The Bertz CT molecular complexity index is 586. The Kier molecular flexibility index (Phi) is 7.84. The van der Waals surface area contributed by atoms with E-state index in [0.717, 1.165) is 25.3 Å². The van der Waals surface area contributed by atoms with Crippen molar-refractivity contribution in [3.63, 3.8) is 0 Å².